The maximum Gasteiger partial charge on any atom is 0.159 e. The van der Waals surface area contributed by atoms with Crippen LogP contribution < -0.4 is 0 Å². The van der Waals surface area contributed by atoms with E-state index in [4.69, 9.17) is 0 Å². The van der Waals surface area contributed by atoms with Crippen molar-refractivity contribution in [2.45, 2.75) is 26.2 Å². The summed E-state index contributed by atoms with van der Waals surface area (Å²) in [6.45, 7) is 2.09. The van der Waals surface area contributed by atoms with E-state index in [2.05, 4.69) is 29.1 Å². The van der Waals surface area contributed by atoms with Gasteiger partial charge in [0.1, 0.15) is 5.78 Å². The van der Waals surface area contributed by atoms with E-state index >= 15 is 0 Å². The molecule has 3 aromatic rings. The zero-order valence-corrected chi connectivity index (χ0v) is 12.5. The summed E-state index contributed by atoms with van der Waals surface area (Å²) in [6, 6.07) is 14.2. The topological polar surface area (TPSA) is 47.3 Å². The van der Waals surface area contributed by atoms with E-state index in [9.17, 15) is 4.79 Å². The van der Waals surface area contributed by atoms with Crippen LogP contribution in [0.1, 0.15) is 24.2 Å². The zero-order chi connectivity index (χ0) is 15.1. The molecule has 0 N–H and O–H groups in total. The van der Waals surface area contributed by atoms with Crippen molar-refractivity contribution >= 4 is 11.4 Å². The first-order chi connectivity index (χ1) is 10.7. The van der Waals surface area contributed by atoms with Crippen LogP contribution in [0.3, 0.4) is 0 Å². The first-order valence-electron chi connectivity index (χ1n) is 7.66. The van der Waals surface area contributed by atoms with Crippen LogP contribution in [-0.2, 0) is 11.2 Å². The Hall–Kier alpha value is -2.49. The molecule has 110 valence electrons. The van der Waals surface area contributed by atoms with Crippen LogP contribution in [0.15, 0.2) is 42.5 Å². The molecule has 4 rings (SSSR count). The average molecular weight is 291 g/mol. The molecule has 0 saturated heterocycles. The van der Waals surface area contributed by atoms with E-state index in [1.807, 2.05) is 34.8 Å². The third kappa shape index (κ3) is 2.30. The fourth-order valence-corrected chi connectivity index (χ4v) is 2.79. The van der Waals surface area contributed by atoms with Crippen molar-refractivity contribution in [3.63, 3.8) is 0 Å². The van der Waals surface area contributed by atoms with Gasteiger partial charge in [-0.1, -0.05) is 30.3 Å². The second kappa shape index (κ2) is 5.05. The predicted molar refractivity (Wildman–Crippen MR) is 84.6 cm³/mol. The Morgan fingerprint density at radius 2 is 2.00 bits per heavy atom. The summed E-state index contributed by atoms with van der Waals surface area (Å²) in [5.41, 5.74) is 4.13. The Morgan fingerprint density at radius 1 is 1.18 bits per heavy atom. The molecular formula is C18H17N3O. The van der Waals surface area contributed by atoms with E-state index < -0.39 is 0 Å². The lowest BCUT2D eigenvalue weighted by molar-refractivity contribution is -0.119. The molecular weight excluding hydrogens is 274 g/mol. The summed E-state index contributed by atoms with van der Waals surface area (Å²) in [4.78, 5) is 16.5. The number of ketones is 1. The summed E-state index contributed by atoms with van der Waals surface area (Å²) >= 11 is 0. The predicted octanol–water partition coefficient (Wildman–Crippen LogP) is 3.23. The van der Waals surface area contributed by atoms with Crippen LogP contribution in [0.25, 0.3) is 16.9 Å². The number of rotatable bonds is 4. The highest BCUT2D eigenvalue weighted by Gasteiger charge is 2.30. The molecule has 0 atom stereocenters. The highest BCUT2D eigenvalue weighted by atomic mass is 16.1. The van der Waals surface area contributed by atoms with E-state index in [0.717, 1.165) is 29.7 Å². The molecule has 4 nitrogen and oxygen atoms in total. The Bertz CT molecular complexity index is 862. The molecule has 1 fully saturated rings. The van der Waals surface area contributed by atoms with Crippen molar-refractivity contribution in [2.75, 3.05) is 0 Å². The molecule has 22 heavy (non-hydrogen) atoms. The third-order valence-electron chi connectivity index (χ3n) is 4.19. The number of benzene rings is 1. The quantitative estimate of drug-likeness (QED) is 0.741. The lowest BCUT2D eigenvalue weighted by atomic mass is 10.1. The van der Waals surface area contributed by atoms with Crippen LogP contribution in [0, 0.1) is 12.8 Å². The number of nitrogens with zero attached hydrogens (tertiary/aromatic N) is 3. The molecule has 4 heteroatoms. The van der Waals surface area contributed by atoms with Gasteiger partial charge in [-0.2, -0.15) is 5.10 Å². The van der Waals surface area contributed by atoms with E-state index in [1.165, 1.54) is 5.56 Å². The number of pyridine rings is 1. The second-order valence-corrected chi connectivity index (χ2v) is 5.94. The number of aromatic nitrogens is 3. The van der Waals surface area contributed by atoms with Crippen LogP contribution >= 0.6 is 0 Å². The Morgan fingerprint density at radius 3 is 2.77 bits per heavy atom. The molecule has 1 aliphatic carbocycles. The van der Waals surface area contributed by atoms with Crippen molar-refractivity contribution in [2.24, 2.45) is 5.92 Å². The number of aryl methyl sites for hydroxylation is 1. The fraction of sp³-hybridized carbons (Fsp3) is 0.278. The van der Waals surface area contributed by atoms with Gasteiger partial charge in [-0.15, -0.1) is 0 Å². The minimum Gasteiger partial charge on any atom is -0.299 e. The number of Topliss-reactive ketones (excluding diaryl/α,β-unsaturated/α-hetero) is 1. The molecule has 0 bridgehead atoms. The van der Waals surface area contributed by atoms with Gasteiger partial charge in [-0.3, -0.25) is 4.79 Å². The second-order valence-electron chi connectivity index (χ2n) is 5.94. The third-order valence-corrected chi connectivity index (χ3v) is 4.19. The van der Waals surface area contributed by atoms with Gasteiger partial charge in [0, 0.05) is 11.5 Å². The number of carbonyl (C=O) groups is 1. The Kier molecular flexibility index (Phi) is 3.03. The van der Waals surface area contributed by atoms with Gasteiger partial charge >= 0.3 is 0 Å². The summed E-state index contributed by atoms with van der Waals surface area (Å²) in [6.07, 6.45) is 2.40. The van der Waals surface area contributed by atoms with Gasteiger partial charge in [0.15, 0.2) is 11.5 Å². The average Bonchev–Trinajstić information content (AvgIpc) is 3.28. The van der Waals surface area contributed by atoms with Gasteiger partial charge in [0.05, 0.1) is 12.1 Å². The Labute approximate surface area is 128 Å². The van der Waals surface area contributed by atoms with Crippen LogP contribution in [-0.4, -0.2) is 20.4 Å². The first kappa shape index (κ1) is 13.2. The minimum atomic E-state index is 0.252. The van der Waals surface area contributed by atoms with Gasteiger partial charge in [0.25, 0.3) is 0 Å². The Balaban J connectivity index is 1.78. The van der Waals surface area contributed by atoms with Crippen LogP contribution in [0.5, 0.6) is 0 Å². The van der Waals surface area contributed by atoms with Crippen molar-refractivity contribution in [3.8, 4) is 11.3 Å². The molecule has 2 heterocycles. The number of fused-ring (bicyclic) bond motifs is 1. The molecule has 0 unspecified atom stereocenters. The summed E-state index contributed by atoms with van der Waals surface area (Å²) in [7, 11) is 0. The zero-order valence-electron chi connectivity index (χ0n) is 12.5. The molecule has 0 aliphatic heterocycles. The van der Waals surface area contributed by atoms with Gasteiger partial charge in [-0.25, -0.2) is 9.50 Å². The van der Waals surface area contributed by atoms with Crippen molar-refractivity contribution in [1.29, 1.82) is 0 Å². The van der Waals surface area contributed by atoms with E-state index in [0.29, 0.717) is 12.2 Å². The molecule has 0 amide bonds. The smallest absolute Gasteiger partial charge is 0.159 e. The molecule has 1 aromatic carbocycles. The monoisotopic (exact) mass is 291 g/mol. The lowest BCUT2D eigenvalue weighted by Gasteiger charge is -2.07. The number of carbonyl (C=O) groups excluding carboxylic acids is 1. The maximum atomic E-state index is 12.0. The van der Waals surface area contributed by atoms with Gasteiger partial charge < -0.3 is 0 Å². The highest BCUT2D eigenvalue weighted by Crippen LogP contribution is 2.31. The number of hydrogen-bond donors (Lipinski definition) is 0. The highest BCUT2D eigenvalue weighted by molar-refractivity contribution is 5.84. The van der Waals surface area contributed by atoms with Crippen LogP contribution in [0.4, 0.5) is 0 Å². The van der Waals surface area contributed by atoms with E-state index in [-0.39, 0.29) is 11.7 Å². The lowest BCUT2D eigenvalue weighted by Crippen LogP contribution is -2.06. The molecule has 0 spiro atoms. The number of hydrogen-bond acceptors (Lipinski definition) is 3. The molecule has 1 saturated carbocycles. The van der Waals surface area contributed by atoms with Gasteiger partial charge in [0.2, 0.25) is 0 Å². The van der Waals surface area contributed by atoms with Crippen LogP contribution in [0.2, 0.25) is 0 Å². The van der Waals surface area contributed by atoms with Crippen molar-refractivity contribution < 1.29 is 4.79 Å². The minimum absolute atomic E-state index is 0.252. The maximum absolute atomic E-state index is 12.0. The summed E-state index contributed by atoms with van der Waals surface area (Å²) in [5.74, 6) is 1.15. The molecule has 0 radical (unpaired) electrons. The summed E-state index contributed by atoms with van der Waals surface area (Å²) in [5, 5.41) is 4.57. The molecule has 1 aliphatic rings. The van der Waals surface area contributed by atoms with Gasteiger partial charge in [-0.05, 0) is 37.5 Å². The summed E-state index contributed by atoms with van der Waals surface area (Å²) < 4.78 is 1.85. The molecule has 2 aromatic heterocycles. The fourth-order valence-electron chi connectivity index (χ4n) is 2.79. The van der Waals surface area contributed by atoms with Crippen molar-refractivity contribution in [1.82, 2.24) is 14.6 Å². The van der Waals surface area contributed by atoms with Crippen molar-refractivity contribution in [3.05, 3.63) is 53.9 Å². The first-order valence-corrected chi connectivity index (χ1v) is 7.66. The largest absolute Gasteiger partial charge is 0.299 e. The SMILES string of the molecule is Cc1ccccc1-c1cccc2nc(CC(=O)C3CC3)nn12. The standard InChI is InChI=1S/C18H17N3O/c1-12-5-2-3-6-14(12)15-7-4-8-18-19-17(20-21(15)18)11-16(22)13-9-10-13/h2-8,13H,9-11H2,1H3. The normalized spacial score (nSPS) is 14.4. The van der Waals surface area contributed by atoms with E-state index in [1.54, 1.807) is 0 Å².